The first-order valence-electron chi connectivity index (χ1n) is 8.99. The molecule has 9 nitrogen and oxygen atoms in total. The number of hydrogen-bond acceptors (Lipinski definition) is 6. The summed E-state index contributed by atoms with van der Waals surface area (Å²) >= 11 is 0. The van der Waals surface area contributed by atoms with E-state index < -0.39 is 17.2 Å². The Balaban J connectivity index is 2.59. The fourth-order valence-corrected chi connectivity index (χ4v) is 2.66. The third-order valence-electron chi connectivity index (χ3n) is 4.01. The molecule has 9 heteroatoms. The number of carbonyl (C=O) groups is 1. The van der Waals surface area contributed by atoms with Gasteiger partial charge in [0.2, 0.25) is 0 Å². The van der Waals surface area contributed by atoms with Crippen molar-refractivity contribution in [2.45, 2.75) is 47.1 Å². The summed E-state index contributed by atoms with van der Waals surface area (Å²) in [5.74, 6) is -0.456. The highest BCUT2D eigenvalue weighted by Crippen LogP contribution is 2.20. The van der Waals surface area contributed by atoms with Gasteiger partial charge in [0, 0.05) is 19.3 Å². The molecule has 0 unspecified atom stereocenters. The zero-order valence-corrected chi connectivity index (χ0v) is 16.2. The molecule has 27 heavy (non-hydrogen) atoms. The number of aryl methyl sites for hydroxylation is 1. The van der Waals surface area contributed by atoms with Crippen molar-refractivity contribution in [3.8, 4) is 0 Å². The van der Waals surface area contributed by atoms with E-state index in [4.69, 9.17) is 5.73 Å². The Labute approximate surface area is 157 Å². The van der Waals surface area contributed by atoms with Crippen molar-refractivity contribution in [3.63, 3.8) is 0 Å². The number of aromatic nitrogens is 4. The fraction of sp³-hybridized carbons (Fsp3) is 0.500. The number of nitrogen functional groups attached to an aromatic ring is 1. The molecule has 0 fully saturated rings. The van der Waals surface area contributed by atoms with Gasteiger partial charge in [-0.2, -0.15) is 0 Å². The molecule has 2 aromatic rings. The Hall–Kier alpha value is -2.97. The molecule has 0 spiro atoms. The number of anilines is 2. The van der Waals surface area contributed by atoms with E-state index >= 15 is 0 Å². The van der Waals surface area contributed by atoms with Crippen molar-refractivity contribution >= 4 is 17.4 Å². The maximum absolute atomic E-state index is 13.0. The molecule has 0 aromatic carbocycles. The first kappa shape index (κ1) is 20.3. The first-order valence-corrected chi connectivity index (χ1v) is 8.99. The summed E-state index contributed by atoms with van der Waals surface area (Å²) in [6, 6.07) is 0. The SMILES string of the molecule is CCCCn1c(N)c(N(CC(C)C)C(=O)c2cnc(C)cn2)c(=O)[nH]c1=O. The lowest BCUT2D eigenvalue weighted by Gasteiger charge is -2.25. The van der Waals surface area contributed by atoms with E-state index in [2.05, 4.69) is 15.0 Å². The highest BCUT2D eigenvalue weighted by atomic mass is 16.2. The summed E-state index contributed by atoms with van der Waals surface area (Å²) in [6.07, 6.45) is 4.42. The molecule has 1 amide bonds. The standard InChI is InChI=1S/C18H26N6O3/c1-5-6-7-23-15(19)14(16(25)22-18(23)27)24(10-11(2)3)17(26)13-9-20-12(4)8-21-13/h8-9,11H,5-7,10,19H2,1-4H3,(H,22,25,27). The van der Waals surface area contributed by atoms with Crippen LogP contribution in [0, 0.1) is 12.8 Å². The molecular weight excluding hydrogens is 348 g/mol. The van der Waals surface area contributed by atoms with E-state index in [0.29, 0.717) is 12.2 Å². The van der Waals surface area contributed by atoms with Crippen LogP contribution in [0.4, 0.5) is 11.5 Å². The van der Waals surface area contributed by atoms with Crippen LogP contribution in [0.3, 0.4) is 0 Å². The predicted octanol–water partition coefficient (Wildman–Crippen LogP) is 1.32. The van der Waals surface area contributed by atoms with Crippen LogP contribution in [0.1, 0.15) is 49.8 Å². The van der Waals surface area contributed by atoms with Gasteiger partial charge in [-0.05, 0) is 19.3 Å². The van der Waals surface area contributed by atoms with Gasteiger partial charge in [-0.25, -0.2) is 9.78 Å². The van der Waals surface area contributed by atoms with Crippen molar-refractivity contribution in [1.82, 2.24) is 19.5 Å². The highest BCUT2D eigenvalue weighted by Gasteiger charge is 2.26. The minimum absolute atomic E-state index is 0.0220. The Kier molecular flexibility index (Phi) is 6.49. The maximum Gasteiger partial charge on any atom is 0.330 e. The van der Waals surface area contributed by atoms with E-state index in [9.17, 15) is 14.4 Å². The van der Waals surface area contributed by atoms with Crippen LogP contribution in [0.25, 0.3) is 0 Å². The van der Waals surface area contributed by atoms with Gasteiger partial charge in [0.15, 0.2) is 5.69 Å². The lowest BCUT2D eigenvalue weighted by atomic mass is 10.2. The molecular formula is C18H26N6O3. The van der Waals surface area contributed by atoms with E-state index in [-0.39, 0.29) is 29.7 Å². The fourth-order valence-electron chi connectivity index (χ4n) is 2.66. The number of unbranched alkanes of at least 4 members (excludes halogenated alkanes) is 1. The quantitative estimate of drug-likeness (QED) is 0.752. The number of rotatable bonds is 7. The number of hydrogen-bond donors (Lipinski definition) is 2. The molecule has 2 heterocycles. The molecule has 0 radical (unpaired) electrons. The van der Waals surface area contributed by atoms with Gasteiger partial charge in [0.25, 0.3) is 11.5 Å². The molecule has 0 aliphatic carbocycles. The van der Waals surface area contributed by atoms with E-state index in [1.54, 1.807) is 6.92 Å². The monoisotopic (exact) mass is 374 g/mol. The number of nitrogens with one attached hydrogen (secondary N) is 1. The summed E-state index contributed by atoms with van der Waals surface area (Å²) in [5.41, 5.74) is 5.62. The first-order chi connectivity index (χ1) is 12.8. The van der Waals surface area contributed by atoms with Crippen LogP contribution in [0.15, 0.2) is 22.0 Å². The molecule has 2 rings (SSSR count). The minimum Gasteiger partial charge on any atom is -0.383 e. The lowest BCUT2D eigenvalue weighted by Crippen LogP contribution is -2.43. The Bertz CT molecular complexity index is 914. The Morgan fingerprint density at radius 2 is 2.00 bits per heavy atom. The number of H-pyrrole nitrogens is 1. The summed E-state index contributed by atoms with van der Waals surface area (Å²) in [6.45, 7) is 8.18. The summed E-state index contributed by atoms with van der Waals surface area (Å²) < 4.78 is 1.29. The maximum atomic E-state index is 13.0. The minimum atomic E-state index is -0.695. The molecule has 0 atom stereocenters. The predicted molar refractivity (Wildman–Crippen MR) is 104 cm³/mol. The van der Waals surface area contributed by atoms with Crippen molar-refractivity contribution in [2.24, 2.45) is 5.92 Å². The van der Waals surface area contributed by atoms with Crippen molar-refractivity contribution < 1.29 is 4.79 Å². The number of carbonyl (C=O) groups excluding carboxylic acids is 1. The van der Waals surface area contributed by atoms with Gasteiger partial charge in [0.05, 0.1) is 11.9 Å². The van der Waals surface area contributed by atoms with E-state index in [1.165, 1.54) is 21.9 Å². The molecule has 0 saturated carbocycles. The van der Waals surface area contributed by atoms with Crippen LogP contribution in [0.5, 0.6) is 0 Å². The second-order valence-corrected chi connectivity index (χ2v) is 6.85. The third kappa shape index (κ3) is 4.60. The van der Waals surface area contributed by atoms with Crippen molar-refractivity contribution in [3.05, 3.63) is 44.6 Å². The second kappa shape index (κ2) is 8.61. The molecule has 146 valence electrons. The Morgan fingerprint density at radius 1 is 1.30 bits per heavy atom. The zero-order valence-electron chi connectivity index (χ0n) is 16.2. The van der Waals surface area contributed by atoms with Gasteiger partial charge in [0.1, 0.15) is 11.5 Å². The van der Waals surface area contributed by atoms with Crippen LogP contribution in [0.2, 0.25) is 0 Å². The second-order valence-electron chi connectivity index (χ2n) is 6.85. The number of nitrogens with two attached hydrogens (primary N) is 1. The third-order valence-corrected chi connectivity index (χ3v) is 4.01. The van der Waals surface area contributed by atoms with Gasteiger partial charge >= 0.3 is 5.69 Å². The summed E-state index contributed by atoms with van der Waals surface area (Å²) in [4.78, 5) is 49.4. The van der Waals surface area contributed by atoms with Crippen molar-refractivity contribution in [1.29, 1.82) is 0 Å². The van der Waals surface area contributed by atoms with Gasteiger partial charge in [-0.15, -0.1) is 0 Å². The molecule has 0 bridgehead atoms. The molecule has 0 aliphatic heterocycles. The highest BCUT2D eigenvalue weighted by molar-refractivity contribution is 6.05. The molecule has 3 N–H and O–H groups in total. The number of nitrogens with zero attached hydrogens (tertiary/aromatic N) is 4. The molecule has 0 saturated heterocycles. The number of aromatic amines is 1. The van der Waals surface area contributed by atoms with Gasteiger partial charge in [-0.3, -0.25) is 29.0 Å². The topological polar surface area (TPSA) is 127 Å². The average molecular weight is 374 g/mol. The average Bonchev–Trinajstić information content (AvgIpc) is 2.60. The van der Waals surface area contributed by atoms with Crippen LogP contribution >= 0.6 is 0 Å². The zero-order chi connectivity index (χ0) is 20.1. The summed E-state index contributed by atoms with van der Waals surface area (Å²) in [7, 11) is 0. The largest absolute Gasteiger partial charge is 0.383 e. The van der Waals surface area contributed by atoms with Crippen LogP contribution in [-0.2, 0) is 6.54 Å². The van der Waals surface area contributed by atoms with Crippen LogP contribution in [-0.4, -0.2) is 32.0 Å². The van der Waals surface area contributed by atoms with Crippen LogP contribution < -0.4 is 21.9 Å². The van der Waals surface area contributed by atoms with E-state index in [1.807, 2.05) is 20.8 Å². The van der Waals surface area contributed by atoms with Gasteiger partial charge in [-0.1, -0.05) is 27.2 Å². The van der Waals surface area contributed by atoms with Crippen molar-refractivity contribution in [2.75, 3.05) is 17.2 Å². The summed E-state index contributed by atoms with van der Waals surface area (Å²) in [5, 5.41) is 0. The van der Waals surface area contributed by atoms with E-state index in [0.717, 1.165) is 12.8 Å². The smallest absolute Gasteiger partial charge is 0.330 e. The normalized spacial score (nSPS) is 11.0. The molecule has 2 aromatic heterocycles. The van der Waals surface area contributed by atoms with Gasteiger partial charge < -0.3 is 5.73 Å². The molecule has 0 aliphatic rings. The Morgan fingerprint density at radius 3 is 2.56 bits per heavy atom. The lowest BCUT2D eigenvalue weighted by molar-refractivity contribution is 0.0978. The number of amides is 1.